The van der Waals surface area contributed by atoms with E-state index in [1.807, 2.05) is 32.0 Å². The van der Waals surface area contributed by atoms with Gasteiger partial charge in [0, 0.05) is 0 Å². The van der Waals surface area contributed by atoms with E-state index in [0.717, 1.165) is 22.4 Å². The highest BCUT2D eigenvalue weighted by Gasteiger charge is 2.36. The van der Waals surface area contributed by atoms with Crippen LogP contribution in [0.2, 0.25) is 10.0 Å². The van der Waals surface area contributed by atoms with E-state index in [0.29, 0.717) is 39.4 Å². The van der Waals surface area contributed by atoms with Crippen LogP contribution in [0.5, 0.6) is 11.5 Å². The molecule has 0 aromatic heterocycles. The molecule has 0 spiro atoms. The van der Waals surface area contributed by atoms with Crippen molar-refractivity contribution in [2.45, 2.75) is 26.9 Å². The summed E-state index contributed by atoms with van der Waals surface area (Å²) in [6.07, 6.45) is 2.24. The second kappa shape index (κ2) is 11.5. The molecule has 7 nitrogen and oxygen atoms in total. The number of barbiturate groups is 1. The number of amides is 4. The van der Waals surface area contributed by atoms with Crippen LogP contribution in [-0.2, 0) is 22.6 Å². The monoisotopic (exact) mass is 538 g/mol. The second-order valence-electron chi connectivity index (χ2n) is 8.15. The summed E-state index contributed by atoms with van der Waals surface area (Å²) >= 11 is 12.1. The van der Waals surface area contributed by atoms with Crippen LogP contribution >= 0.6 is 23.2 Å². The number of ether oxygens (including phenoxy) is 2. The van der Waals surface area contributed by atoms with Gasteiger partial charge in [-0.25, -0.2) is 9.69 Å². The zero-order valence-corrected chi connectivity index (χ0v) is 21.7. The van der Waals surface area contributed by atoms with Gasteiger partial charge in [0.15, 0.2) is 11.5 Å². The topological polar surface area (TPSA) is 84.9 Å². The van der Waals surface area contributed by atoms with Gasteiger partial charge in [0.1, 0.15) is 12.2 Å². The predicted octanol–water partition coefficient (Wildman–Crippen LogP) is 6.20. The van der Waals surface area contributed by atoms with Gasteiger partial charge in [0.25, 0.3) is 11.8 Å². The summed E-state index contributed by atoms with van der Waals surface area (Å²) in [6, 6.07) is 16.5. The molecule has 1 aliphatic heterocycles. The molecule has 4 amide bonds. The van der Waals surface area contributed by atoms with Crippen molar-refractivity contribution in [3.05, 3.63) is 93.0 Å². The number of benzene rings is 3. The van der Waals surface area contributed by atoms with E-state index in [4.69, 9.17) is 32.7 Å². The molecule has 1 saturated heterocycles. The van der Waals surface area contributed by atoms with Gasteiger partial charge < -0.3 is 9.47 Å². The van der Waals surface area contributed by atoms with E-state index in [2.05, 4.69) is 5.32 Å². The Balaban J connectivity index is 1.59. The molecule has 3 aromatic carbocycles. The minimum absolute atomic E-state index is 0.175. The van der Waals surface area contributed by atoms with Crippen LogP contribution in [0.1, 0.15) is 30.5 Å². The van der Waals surface area contributed by atoms with Crippen LogP contribution in [0.25, 0.3) is 6.08 Å². The van der Waals surface area contributed by atoms with Crippen molar-refractivity contribution in [1.29, 1.82) is 0 Å². The number of anilines is 1. The van der Waals surface area contributed by atoms with E-state index in [-0.39, 0.29) is 12.2 Å². The van der Waals surface area contributed by atoms with Gasteiger partial charge in [-0.15, -0.1) is 0 Å². The molecule has 4 rings (SSSR count). The van der Waals surface area contributed by atoms with Crippen molar-refractivity contribution in [3.63, 3.8) is 0 Å². The van der Waals surface area contributed by atoms with E-state index < -0.39 is 17.8 Å². The van der Waals surface area contributed by atoms with Crippen LogP contribution in [0, 0.1) is 0 Å². The molecular formula is C28H24Cl2N2O5. The first kappa shape index (κ1) is 26.3. The average Bonchev–Trinajstić information content (AvgIpc) is 2.88. The fourth-order valence-electron chi connectivity index (χ4n) is 3.73. The molecule has 190 valence electrons. The Bertz CT molecular complexity index is 1390. The maximum absolute atomic E-state index is 13.2. The first-order chi connectivity index (χ1) is 17.8. The third kappa shape index (κ3) is 5.96. The molecule has 0 radical (unpaired) electrons. The maximum Gasteiger partial charge on any atom is 0.335 e. The molecule has 1 fully saturated rings. The van der Waals surface area contributed by atoms with Gasteiger partial charge in [-0.05, 0) is 72.5 Å². The first-order valence-electron chi connectivity index (χ1n) is 11.6. The lowest BCUT2D eigenvalue weighted by Crippen LogP contribution is -2.54. The van der Waals surface area contributed by atoms with Crippen LogP contribution in [0.4, 0.5) is 10.5 Å². The Morgan fingerprint density at radius 1 is 0.838 bits per heavy atom. The van der Waals surface area contributed by atoms with Gasteiger partial charge in [-0.2, -0.15) is 0 Å². The minimum Gasteiger partial charge on any atom is -0.490 e. The van der Waals surface area contributed by atoms with Gasteiger partial charge in [-0.1, -0.05) is 54.4 Å². The summed E-state index contributed by atoms with van der Waals surface area (Å²) in [4.78, 5) is 39.2. The van der Waals surface area contributed by atoms with Crippen LogP contribution in [-0.4, -0.2) is 24.5 Å². The highest BCUT2D eigenvalue weighted by molar-refractivity contribution is 6.42. The second-order valence-corrected chi connectivity index (χ2v) is 8.97. The van der Waals surface area contributed by atoms with Crippen molar-refractivity contribution in [3.8, 4) is 11.5 Å². The Kier molecular flexibility index (Phi) is 8.16. The van der Waals surface area contributed by atoms with Gasteiger partial charge in [-0.3, -0.25) is 14.9 Å². The van der Waals surface area contributed by atoms with E-state index in [1.54, 1.807) is 42.5 Å². The quantitative estimate of drug-likeness (QED) is 0.272. The number of halogens is 2. The lowest BCUT2D eigenvalue weighted by Gasteiger charge is -2.26. The van der Waals surface area contributed by atoms with Crippen molar-refractivity contribution < 1.29 is 23.9 Å². The minimum atomic E-state index is -0.794. The Morgan fingerprint density at radius 3 is 2.24 bits per heavy atom. The van der Waals surface area contributed by atoms with Crippen LogP contribution < -0.4 is 19.7 Å². The number of carbonyl (C=O) groups is 3. The molecule has 0 saturated carbocycles. The average molecular weight is 539 g/mol. The molecule has 37 heavy (non-hydrogen) atoms. The smallest absolute Gasteiger partial charge is 0.335 e. The zero-order valence-electron chi connectivity index (χ0n) is 20.2. The molecule has 3 aromatic rings. The summed E-state index contributed by atoms with van der Waals surface area (Å²) in [5.41, 5.74) is 2.61. The molecule has 0 unspecified atom stereocenters. The SMILES string of the molecule is CCOc1cc(/C=C2/C(=O)NC(=O)N(c3ccc(CC)cc3)C2=O)ccc1OCc1ccc(Cl)c(Cl)c1. The summed E-state index contributed by atoms with van der Waals surface area (Å²) in [5.74, 6) is -0.573. The third-order valence-corrected chi connectivity index (χ3v) is 6.40. The molecule has 0 aliphatic carbocycles. The Labute approximate surface area is 224 Å². The summed E-state index contributed by atoms with van der Waals surface area (Å²) in [5, 5.41) is 3.12. The molecule has 0 bridgehead atoms. The van der Waals surface area contributed by atoms with E-state index in [1.165, 1.54) is 6.08 Å². The van der Waals surface area contributed by atoms with Crippen molar-refractivity contribution in [1.82, 2.24) is 5.32 Å². The van der Waals surface area contributed by atoms with E-state index >= 15 is 0 Å². The van der Waals surface area contributed by atoms with Gasteiger partial charge in [0.05, 0.1) is 22.3 Å². The van der Waals surface area contributed by atoms with Gasteiger partial charge >= 0.3 is 6.03 Å². The standard InChI is InChI=1S/C28H24Cl2N2O5/c1-3-17-5-9-20(10-6-17)32-27(34)21(26(33)31-28(32)35)13-18-8-12-24(25(15-18)36-4-2)37-16-19-7-11-22(29)23(30)14-19/h5-15H,3-4,16H2,1-2H3,(H,31,33,35)/b21-13-. The summed E-state index contributed by atoms with van der Waals surface area (Å²) in [7, 11) is 0. The van der Waals surface area contributed by atoms with Crippen LogP contribution in [0.3, 0.4) is 0 Å². The normalized spacial score (nSPS) is 14.6. The Hall–Kier alpha value is -3.81. The fraction of sp³-hybridized carbons (Fsp3) is 0.179. The largest absolute Gasteiger partial charge is 0.490 e. The van der Waals surface area contributed by atoms with E-state index in [9.17, 15) is 14.4 Å². The molecular weight excluding hydrogens is 515 g/mol. The Morgan fingerprint density at radius 2 is 1.57 bits per heavy atom. The van der Waals surface area contributed by atoms with Crippen LogP contribution in [0.15, 0.2) is 66.2 Å². The number of aryl methyl sites for hydroxylation is 1. The molecule has 1 N–H and O–H groups in total. The van der Waals surface area contributed by atoms with Crippen molar-refractivity contribution >= 4 is 52.8 Å². The number of hydrogen-bond donors (Lipinski definition) is 1. The molecule has 9 heteroatoms. The van der Waals surface area contributed by atoms with Crippen molar-refractivity contribution in [2.75, 3.05) is 11.5 Å². The van der Waals surface area contributed by atoms with Gasteiger partial charge in [0.2, 0.25) is 0 Å². The number of hydrogen-bond acceptors (Lipinski definition) is 5. The highest BCUT2D eigenvalue weighted by atomic mass is 35.5. The number of urea groups is 1. The first-order valence-corrected chi connectivity index (χ1v) is 12.4. The third-order valence-electron chi connectivity index (χ3n) is 5.66. The lowest BCUT2D eigenvalue weighted by molar-refractivity contribution is -0.122. The fourth-order valence-corrected chi connectivity index (χ4v) is 4.05. The lowest BCUT2D eigenvalue weighted by atomic mass is 10.1. The number of rotatable bonds is 8. The zero-order chi connectivity index (χ0) is 26.5. The number of imide groups is 2. The number of nitrogens with zero attached hydrogens (tertiary/aromatic N) is 1. The molecule has 0 atom stereocenters. The summed E-state index contributed by atoms with van der Waals surface area (Å²) < 4.78 is 11.6. The maximum atomic E-state index is 13.2. The molecule has 1 aliphatic rings. The number of carbonyl (C=O) groups excluding carboxylic acids is 3. The predicted molar refractivity (Wildman–Crippen MR) is 143 cm³/mol. The molecule has 1 heterocycles. The summed E-state index contributed by atoms with van der Waals surface area (Å²) in [6.45, 7) is 4.44. The van der Waals surface area contributed by atoms with Crippen molar-refractivity contribution in [2.24, 2.45) is 0 Å². The number of nitrogens with one attached hydrogen (secondary N) is 1. The highest BCUT2D eigenvalue weighted by Crippen LogP contribution is 2.32.